The summed E-state index contributed by atoms with van der Waals surface area (Å²) in [5, 5.41) is 3.71. The van der Waals surface area contributed by atoms with Gasteiger partial charge in [0.05, 0.1) is 0 Å². The highest BCUT2D eigenvalue weighted by Gasteiger charge is 2.27. The second kappa shape index (κ2) is 9.56. The molecule has 1 amide bonds. The summed E-state index contributed by atoms with van der Waals surface area (Å²) in [6.07, 6.45) is 6.40. The number of amides is 1. The van der Waals surface area contributed by atoms with E-state index in [0.717, 1.165) is 44.6 Å². The topological polar surface area (TPSA) is 41.6 Å². The summed E-state index contributed by atoms with van der Waals surface area (Å²) in [7, 11) is 0. The predicted octanol–water partition coefficient (Wildman–Crippen LogP) is 3.63. The third-order valence-corrected chi connectivity index (χ3v) is 5.84. The number of benzene rings is 1. The Kier molecular flexibility index (Phi) is 7.14. The van der Waals surface area contributed by atoms with Crippen molar-refractivity contribution in [3.05, 3.63) is 34.9 Å². The van der Waals surface area contributed by atoms with E-state index in [0.29, 0.717) is 29.9 Å². The van der Waals surface area contributed by atoms with Crippen LogP contribution in [0.3, 0.4) is 0 Å². The highest BCUT2D eigenvalue weighted by Crippen LogP contribution is 2.25. The number of nitrogens with zero attached hydrogens (tertiary/aromatic N) is 1. The minimum Gasteiger partial charge on any atom is -0.381 e. The molecular weight excluding hydrogens is 336 g/mol. The molecule has 1 atom stereocenters. The number of hydrogen-bond acceptors (Lipinski definition) is 3. The van der Waals surface area contributed by atoms with Gasteiger partial charge in [-0.05, 0) is 56.2 Å². The summed E-state index contributed by atoms with van der Waals surface area (Å²) in [5.41, 5.74) is 0.973. The average molecular weight is 365 g/mol. The smallest absolute Gasteiger partial charge is 0.220 e. The van der Waals surface area contributed by atoms with Crippen LogP contribution in [0.5, 0.6) is 0 Å². The molecule has 0 bridgehead atoms. The molecule has 1 N–H and O–H groups in total. The molecular formula is C20H29ClN2O2. The molecule has 1 unspecified atom stereocenters. The van der Waals surface area contributed by atoms with Gasteiger partial charge in [0.15, 0.2) is 0 Å². The summed E-state index contributed by atoms with van der Waals surface area (Å²) in [6, 6.07) is 8.35. The molecule has 1 aromatic rings. The molecule has 25 heavy (non-hydrogen) atoms. The lowest BCUT2D eigenvalue weighted by molar-refractivity contribution is -0.121. The Labute approximate surface area is 155 Å². The quantitative estimate of drug-likeness (QED) is 0.838. The normalized spacial score (nSPS) is 22.7. The van der Waals surface area contributed by atoms with E-state index in [-0.39, 0.29) is 5.91 Å². The van der Waals surface area contributed by atoms with Crippen LogP contribution in [0.2, 0.25) is 5.02 Å². The molecule has 0 aromatic heterocycles. The second-order valence-electron chi connectivity index (χ2n) is 7.25. The molecule has 2 heterocycles. The van der Waals surface area contributed by atoms with Crippen LogP contribution in [0.25, 0.3) is 0 Å². The third-order valence-electron chi connectivity index (χ3n) is 5.47. The number of piperidine rings is 1. The molecule has 0 saturated carbocycles. The van der Waals surface area contributed by atoms with E-state index in [1.165, 1.54) is 19.4 Å². The molecule has 138 valence electrons. The Morgan fingerprint density at radius 2 is 2.04 bits per heavy atom. The number of hydrogen-bond donors (Lipinski definition) is 1. The van der Waals surface area contributed by atoms with Crippen molar-refractivity contribution in [2.75, 3.05) is 26.3 Å². The van der Waals surface area contributed by atoms with Crippen molar-refractivity contribution in [3.8, 4) is 0 Å². The van der Waals surface area contributed by atoms with Crippen molar-refractivity contribution >= 4 is 17.5 Å². The summed E-state index contributed by atoms with van der Waals surface area (Å²) in [5.74, 6) is 0.769. The molecule has 0 spiro atoms. The lowest BCUT2D eigenvalue weighted by Gasteiger charge is -2.40. The van der Waals surface area contributed by atoms with Gasteiger partial charge < -0.3 is 10.1 Å². The Morgan fingerprint density at radius 1 is 1.24 bits per heavy atom. The monoisotopic (exact) mass is 364 g/mol. The van der Waals surface area contributed by atoms with Crippen LogP contribution >= 0.6 is 11.6 Å². The molecule has 3 rings (SSSR count). The molecule has 2 fully saturated rings. The van der Waals surface area contributed by atoms with Crippen molar-refractivity contribution in [2.45, 2.75) is 51.1 Å². The SMILES string of the molecule is O=C(CCC1CCCN(C2CCOCC2)C1)NCc1ccccc1Cl. The van der Waals surface area contributed by atoms with Gasteiger partial charge >= 0.3 is 0 Å². The second-order valence-corrected chi connectivity index (χ2v) is 7.66. The molecule has 2 aliphatic heterocycles. The first-order valence-electron chi connectivity index (χ1n) is 9.54. The van der Waals surface area contributed by atoms with Gasteiger partial charge in [0.2, 0.25) is 5.91 Å². The molecule has 1 aromatic carbocycles. The van der Waals surface area contributed by atoms with Gasteiger partial charge in [-0.3, -0.25) is 9.69 Å². The summed E-state index contributed by atoms with van der Waals surface area (Å²) in [6.45, 7) is 4.66. The fraction of sp³-hybridized carbons (Fsp3) is 0.650. The van der Waals surface area contributed by atoms with Gasteiger partial charge in [0.1, 0.15) is 0 Å². The van der Waals surface area contributed by atoms with Crippen LogP contribution in [0.15, 0.2) is 24.3 Å². The molecule has 5 heteroatoms. The largest absolute Gasteiger partial charge is 0.381 e. The van der Waals surface area contributed by atoms with Crippen molar-refractivity contribution in [3.63, 3.8) is 0 Å². The van der Waals surface area contributed by atoms with Crippen molar-refractivity contribution in [1.29, 1.82) is 0 Å². The van der Waals surface area contributed by atoms with E-state index >= 15 is 0 Å². The molecule has 0 radical (unpaired) electrons. The van der Waals surface area contributed by atoms with Crippen LogP contribution in [-0.2, 0) is 16.1 Å². The van der Waals surface area contributed by atoms with Gasteiger partial charge in [-0.1, -0.05) is 29.8 Å². The minimum atomic E-state index is 0.128. The average Bonchev–Trinajstić information content (AvgIpc) is 2.67. The highest BCUT2D eigenvalue weighted by molar-refractivity contribution is 6.31. The van der Waals surface area contributed by atoms with E-state index in [4.69, 9.17) is 16.3 Å². The number of rotatable bonds is 6. The number of ether oxygens (including phenoxy) is 1. The maximum absolute atomic E-state index is 12.2. The number of likely N-dealkylation sites (tertiary alicyclic amines) is 1. The maximum Gasteiger partial charge on any atom is 0.220 e. The van der Waals surface area contributed by atoms with Gasteiger partial charge in [0, 0.05) is 43.8 Å². The van der Waals surface area contributed by atoms with E-state index in [2.05, 4.69) is 10.2 Å². The van der Waals surface area contributed by atoms with Crippen LogP contribution in [-0.4, -0.2) is 43.2 Å². The van der Waals surface area contributed by atoms with Crippen LogP contribution < -0.4 is 5.32 Å². The Balaban J connectivity index is 1.38. The first-order valence-corrected chi connectivity index (χ1v) is 9.92. The Bertz CT molecular complexity index is 560. The van der Waals surface area contributed by atoms with Crippen LogP contribution in [0, 0.1) is 5.92 Å². The summed E-state index contributed by atoms with van der Waals surface area (Å²) in [4.78, 5) is 14.8. The van der Waals surface area contributed by atoms with Gasteiger partial charge in [-0.25, -0.2) is 0 Å². The van der Waals surface area contributed by atoms with Gasteiger partial charge in [0.25, 0.3) is 0 Å². The Hall–Kier alpha value is -1.10. The predicted molar refractivity (Wildman–Crippen MR) is 101 cm³/mol. The van der Waals surface area contributed by atoms with E-state index < -0.39 is 0 Å². The van der Waals surface area contributed by atoms with E-state index in [1.54, 1.807) is 0 Å². The first kappa shape index (κ1) is 18.7. The fourth-order valence-corrected chi connectivity index (χ4v) is 4.18. The highest BCUT2D eigenvalue weighted by atomic mass is 35.5. The lowest BCUT2D eigenvalue weighted by atomic mass is 9.91. The number of nitrogens with one attached hydrogen (secondary N) is 1. The van der Waals surface area contributed by atoms with Crippen LogP contribution in [0.4, 0.5) is 0 Å². The van der Waals surface area contributed by atoms with Gasteiger partial charge in [-0.2, -0.15) is 0 Å². The third kappa shape index (κ3) is 5.70. The van der Waals surface area contributed by atoms with Gasteiger partial charge in [-0.15, -0.1) is 0 Å². The van der Waals surface area contributed by atoms with Crippen molar-refractivity contribution in [2.24, 2.45) is 5.92 Å². The summed E-state index contributed by atoms with van der Waals surface area (Å²) >= 11 is 6.13. The standard InChI is InChI=1S/C20H29ClN2O2/c21-19-6-2-1-5-17(19)14-22-20(24)8-7-16-4-3-11-23(15-16)18-9-12-25-13-10-18/h1-2,5-6,16,18H,3-4,7-15H2,(H,22,24). The Morgan fingerprint density at radius 3 is 2.84 bits per heavy atom. The number of carbonyl (C=O) groups excluding carboxylic acids is 1. The molecule has 2 saturated heterocycles. The maximum atomic E-state index is 12.2. The minimum absolute atomic E-state index is 0.128. The van der Waals surface area contributed by atoms with E-state index in [1.807, 2.05) is 24.3 Å². The van der Waals surface area contributed by atoms with E-state index in [9.17, 15) is 4.79 Å². The first-order chi connectivity index (χ1) is 12.2. The molecule has 0 aliphatic carbocycles. The lowest BCUT2D eigenvalue weighted by Crippen LogP contribution is -2.45. The zero-order valence-corrected chi connectivity index (χ0v) is 15.6. The molecule has 2 aliphatic rings. The fourth-order valence-electron chi connectivity index (χ4n) is 3.97. The van der Waals surface area contributed by atoms with Crippen molar-refractivity contribution < 1.29 is 9.53 Å². The zero-order chi connectivity index (χ0) is 17.5. The summed E-state index contributed by atoms with van der Waals surface area (Å²) < 4.78 is 5.48. The number of carbonyl (C=O) groups is 1. The zero-order valence-electron chi connectivity index (χ0n) is 14.9. The van der Waals surface area contributed by atoms with Crippen LogP contribution in [0.1, 0.15) is 44.1 Å². The number of halogens is 1. The van der Waals surface area contributed by atoms with Crippen molar-refractivity contribution in [1.82, 2.24) is 10.2 Å². The molecule has 4 nitrogen and oxygen atoms in total.